The Balaban J connectivity index is 1.75. The molecule has 2 aliphatic heterocycles. The molecule has 2 heterocycles. The normalized spacial score (nSPS) is 20.7. The van der Waals surface area contributed by atoms with E-state index in [9.17, 15) is 23.3 Å². The highest BCUT2D eigenvalue weighted by Gasteiger charge is 2.32. The van der Waals surface area contributed by atoms with Gasteiger partial charge in [0.2, 0.25) is 10.0 Å². The zero-order chi connectivity index (χ0) is 19.6. The number of carbonyl (C=O) groups excluding carboxylic acids is 1. The maximum absolute atomic E-state index is 12.4. The molecular formula is C16H22N4O6S. The average molecular weight is 398 g/mol. The Morgan fingerprint density at radius 2 is 2.00 bits per heavy atom. The van der Waals surface area contributed by atoms with E-state index < -0.39 is 14.9 Å². The number of hydrogen-bond donors (Lipinski definition) is 1. The Labute approximate surface area is 157 Å². The van der Waals surface area contributed by atoms with Gasteiger partial charge in [0.05, 0.1) is 9.82 Å². The molecule has 10 nitrogen and oxygen atoms in total. The van der Waals surface area contributed by atoms with Gasteiger partial charge in [0, 0.05) is 38.9 Å². The average Bonchev–Trinajstić information content (AvgIpc) is 3.22. The summed E-state index contributed by atoms with van der Waals surface area (Å²) in [5.74, 6) is -0.0305. The fraction of sp³-hybridized carbons (Fsp3) is 0.562. The second-order valence-electron chi connectivity index (χ2n) is 6.43. The second-order valence-corrected chi connectivity index (χ2v) is 8.32. The highest BCUT2D eigenvalue weighted by Crippen LogP contribution is 2.31. The number of rotatable bonds is 5. The van der Waals surface area contributed by atoms with Crippen molar-refractivity contribution in [3.8, 4) is 0 Å². The van der Waals surface area contributed by atoms with Gasteiger partial charge >= 0.3 is 0 Å². The molecule has 2 fully saturated rings. The van der Waals surface area contributed by atoms with Crippen molar-refractivity contribution in [3.05, 3.63) is 28.3 Å². The van der Waals surface area contributed by atoms with Crippen molar-refractivity contribution in [3.63, 3.8) is 0 Å². The van der Waals surface area contributed by atoms with Gasteiger partial charge in [0.25, 0.3) is 11.6 Å². The summed E-state index contributed by atoms with van der Waals surface area (Å²) in [6.45, 7) is 2.33. The van der Waals surface area contributed by atoms with Gasteiger partial charge in [-0.2, -0.15) is 0 Å². The van der Waals surface area contributed by atoms with Crippen molar-refractivity contribution in [1.82, 2.24) is 9.62 Å². The maximum Gasteiger partial charge on any atom is 0.293 e. The molecule has 2 aliphatic rings. The standard InChI is InChI=1S/C16H22N4O6S/c1-17-27(24,25)12-4-5-13(14(11-12)20(22)23)18-6-8-19(9-7-18)16(21)15-3-2-10-26-15/h4-5,11,15,17H,2-3,6-10H2,1H3. The molecule has 0 bridgehead atoms. The number of benzene rings is 1. The molecular weight excluding hydrogens is 376 g/mol. The molecule has 1 aromatic carbocycles. The van der Waals surface area contributed by atoms with Crippen LogP contribution in [0.5, 0.6) is 0 Å². The van der Waals surface area contributed by atoms with Gasteiger partial charge in [-0.25, -0.2) is 13.1 Å². The molecule has 0 radical (unpaired) electrons. The molecule has 1 unspecified atom stereocenters. The summed E-state index contributed by atoms with van der Waals surface area (Å²) in [6.07, 6.45) is 1.23. The minimum absolute atomic E-state index is 0.0305. The van der Waals surface area contributed by atoms with E-state index in [0.29, 0.717) is 38.5 Å². The van der Waals surface area contributed by atoms with E-state index >= 15 is 0 Å². The van der Waals surface area contributed by atoms with Crippen LogP contribution in [0.1, 0.15) is 12.8 Å². The van der Waals surface area contributed by atoms with Crippen LogP contribution in [0, 0.1) is 10.1 Å². The van der Waals surface area contributed by atoms with E-state index in [4.69, 9.17) is 4.74 Å². The number of nitro groups is 1. The summed E-state index contributed by atoms with van der Waals surface area (Å²) in [5.41, 5.74) is 0.0736. The summed E-state index contributed by atoms with van der Waals surface area (Å²) >= 11 is 0. The van der Waals surface area contributed by atoms with Gasteiger partial charge in [0.15, 0.2) is 0 Å². The van der Waals surface area contributed by atoms with Gasteiger partial charge in [-0.15, -0.1) is 0 Å². The lowest BCUT2D eigenvalue weighted by molar-refractivity contribution is -0.384. The first-order valence-corrected chi connectivity index (χ1v) is 10.2. The Bertz CT molecular complexity index is 829. The van der Waals surface area contributed by atoms with Gasteiger partial charge in [-0.3, -0.25) is 14.9 Å². The summed E-state index contributed by atoms with van der Waals surface area (Å²) < 4.78 is 31.4. The predicted octanol–water partition coefficient (Wildman–Crippen LogP) is 0.331. The second kappa shape index (κ2) is 7.79. The summed E-state index contributed by atoms with van der Waals surface area (Å²) in [6, 6.07) is 3.85. The van der Waals surface area contributed by atoms with Gasteiger partial charge in [0.1, 0.15) is 11.8 Å². The number of carbonyl (C=O) groups is 1. The highest BCUT2D eigenvalue weighted by molar-refractivity contribution is 7.89. The molecule has 1 N–H and O–H groups in total. The summed E-state index contributed by atoms with van der Waals surface area (Å²) in [4.78, 5) is 26.6. The third-order valence-corrected chi connectivity index (χ3v) is 6.27. The topological polar surface area (TPSA) is 122 Å². The zero-order valence-corrected chi connectivity index (χ0v) is 15.8. The van der Waals surface area contributed by atoms with E-state index in [-0.39, 0.29) is 22.6 Å². The van der Waals surface area contributed by atoms with Crippen LogP contribution < -0.4 is 9.62 Å². The molecule has 148 valence electrons. The van der Waals surface area contributed by atoms with Crippen molar-refractivity contribution in [2.24, 2.45) is 0 Å². The van der Waals surface area contributed by atoms with Crippen LogP contribution in [0.3, 0.4) is 0 Å². The first-order chi connectivity index (χ1) is 12.8. The van der Waals surface area contributed by atoms with Crippen molar-refractivity contribution in [1.29, 1.82) is 0 Å². The fourth-order valence-electron chi connectivity index (χ4n) is 3.35. The first kappa shape index (κ1) is 19.5. The van der Waals surface area contributed by atoms with Crippen LogP contribution in [0.15, 0.2) is 23.1 Å². The van der Waals surface area contributed by atoms with Gasteiger partial charge in [-0.1, -0.05) is 0 Å². The van der Waals surface area contributed by atoms with Crippen LogP contribution in [-0.2, 0) is 19.6 Å². The van der Waals surface area contributed by atoms with Gasteiger partial charge < -0.3 is 14.5 Å². The minimum atomic E-state index is -3.77. The van der Waals surface area contributed by atoms with E-state index in [1.165, 1.54) is 19.2 Å². The number of piperazine rings is 1. The molecule has 0 aliphatic carbocycles. The van der Waals surface area contributed by atoms with Crippen molar-refractivity contribution >= 4 is 27.3 Å². The number of amides is 1. The van der Waals surface area contributed by atoms with E-state index in [1.807, 2.05) is 0 Å². The van der Waals surface area contributed by atoms with Crippen LogP contribution in [0.25, 0.3) is 0 Å². The Kier molecular flexibility index (Phi) is 5.63. The smallest absolute Gasteiger partial charge is 0.293 e. The lowest BCUT2D eigenvalue weighted by Gasteiger charge is -2.36. The molecule has 0 spiro atoms. The van der Waals surface area contributed by atoms with Crippen LogP contribution in [0.4, 0.5) is 11.4 Å². The lowest BCUT2D eigenvalue weighted by atomic mass is 10.2. The van der Waals surface area contributed by atoms with E-state index in [1.54, 1.807) is 9.80 Å². The molecule has 1 atom stereocenters. The lowest BCUT2D eigenvalue weighted by Crippen LogP contribution is -2.51. The van der Waals surface area contributed by atoms with E-state index in [2.05, 4.69) is 4.72 Å². The molecule has 2 saturated heterocycles. The Hall–Kier alpha value is -2.24. The maximum atomic E-state index is 12.4. The van der Waals surface area contributed by atoms with E-state index in [0.717, 1.165) is 18.9 Å². The number of nitrogens with one attached hydrogen (secondary N) is 1. The number of hydrogen-bond acceptors (Lipinski definition) is 7. The summed E-state index contributed by atoms with van der Waals surface area (Å²) in [5, 5.41) is 11.5. The predicted molar refractivity (Wildman–Crippen MR) is 97.1 cm³/mol. The highest BCUT2D eigenvalue weighted by atomic mass is 32.2. The quantitative estimate of drug-likeness (QED) is 0.560. The molecule has 3 rings (SSSR count). The van der Waals surface area contributed by atoms with Crippen LogP contribution in [-0.4, -0.2) is 70.1 Å². The Morgan fingerprint density at radius 3 is 2.56 bits per heavy atom. The number of ether oxygens (including phenoxy) is 1. The van der Waals surface area contributed by atoms with Crippen LogP contribution >= 0.6 is 0 Å². The molecule has 1 amide bonds. The third-order valence-electron chi connectivity index (χ3n) is 4.86. The first-order valence-electron chi connectivity index (χ1n) is 8.71. The Morgan fingerprint density at radius 1 is 1.30 bits per heavy atom. The molecule has 27 heavy (non-hydrogen) atoms. The number of anilines is 1. The molecule has 0 saturated carbocycles. The van der Waals surface area contributed by atoms with Crippen molar-refractivity contribution in [2.45, 2.75) is 23.8 Å². The molecule has 1 aromatic rings. The minimum Gasteiger partial charge on any atom is -0.368 e. The van der Waals surface area contributed by atoms with Crippen LogP contribution in [0.2, 0.25) is 0 Å². The van der Waals surface area contributed by atoms with Crippen molar-refractivity contribution in [2.75, 3.05) is 44.7 Å². The third kappa shape index (κ3) is 4.04. The zero-order valence-electron chi connectivity index (χ0n) is 15.0. The molecule has 11 heteroatoms. The van der Waals surface area contributed by atoms with Crippen molar-refractivity contribution < 1.29 is 22.9 Å². The SMILES string of the molecule is CNS(=O)(=O)c1ccc(N2CCN(C(=O)C3CCCO3)CC2)c([N+](=O)[O-])c1. The fourth-order valence-corrected chi connectivity index (χ4v) is 4.10. The number of sulfonamides is 1. The largest absolute Gasteiger partial charge is 0.368 e. The monoisotopic (exact) mass is 398 g/mol. The van der Waals surface area contributed by atoms with Gasteiger partial charge in [-0.05, 0) is 32.0 Å². The molecule has 0 aromatic heterocycles. The number of nitro benzene ring substituents is 1. The summed E-state index contributed by atoms with van der Waals surface area (Å²) in [7, 11) is -2.52. The number of nitrogens with zero attached hydrogens (tertiary/aromatic N) is 3.